The van der Waals surface area contributed by atoms with Crippen molar-refractivity contribution in [3.8, 4) is 16.3 Å². The Bertz CT molecular complexity index is 995. The van der Waals surface area contributed by atoms with Crippen molar-refractivity contribution in [3.05, 3.63) is 64.7 Å². The molecule has 0 bridgehead atoms. The first kappa shape index (κ1) is 20.5. The number of anilines is 1. The summed E-state index contributed by atoms with van der Waals surface area (Å²) in [5.41, 5.74) is 3.77. The number of nitrogens with one attached hydrogen (secondary N) is 2. The van der Waals surface area contributed by atoms with Gasteiger partial charge in [0, 0.05) is 29.1 Å². The molecule has 2 amide bonds. The highest BCUT2D eigenvalue weighted by Gasteiger charge is 2.14. The highest BCUT2D eigenvalue weighted by molar-refractivity contribution is 7.15. The van der Waals surface area contributed by atoms with Crippen molar-refractivity contribution in [1.29, 1.82) is 0 Å². The number of thiazole rings is 1. The molecule has 0 aliphatic carbocycles. The van der Waals surface area contributed by atoms with Crippen molar-refractivity contribution in [2.75, 3.05) is 19.0 Å². The summed E-state index contributed by atoms with van der Waals surface area (Å²) in [7, 11) is 1.57. The molecule has 2 N–H and O–H groups in total. The van der Waals surface area contributed by atoms with Gasteiger partial charge < -0.3 is 15.4 Å². The number of benzene rings is 2. The Morgan fingerprint density at radius 3 is 2.34 bits per heavy atom. The number of methoxy groups -OCH3 is 1. The Kier molecular flexibility index (Phi) is 6.61. The number of hydrogen-bond acceptors (Lipinski definition) is 5. The van der Waals surface area contributed by atoms with Gasteiger partial charge in [-0.3, -0.25) is 9.59 Å². The van der Waals surface area contributed by atoms with E-state index in [1.165, 1.54) is 5.56 Å². The molecule has 3 aromatic rings. The van der Waals surface area contributed by atoms with Crippen molar-refractivity contribution >= 4 is 28.8 Å². The third-order valence-corrected chi connectivity index (χ3v) is 5.65. The second-order valence-corrected chi connectivity index (χ2v) is 7.67. The summed E-state index contributed by atoms with van der Waals surface area (Å²) in [6.45, 7) is 4.38. The highest BCUT2D eigenvalue weighted by atomic mass is 32.1. The molecule has 0 radical (unpaired) electrons. The first-order chi connectivity index (χ1) is 14.0. The molecule has 2 aromatic carbocycles. The Labute approximate surface area is 173 Å². The van der Waals surface area contributed by atoms with Gasteiger partial charge in [0.2, 0.25) is 0 Å². The van der Waals surface area contributed by atoms with Gasteiger partial charge in [-0.25, -0.2) is 4.98 Å². The van der Waals surface area contributed by atoms with Crippen molar-refractivity contribution in [2.45, 2.75) is 20.3 Å². The summed E-state index contributed by atoms with van der Waals surface area (Å²) in [6, 6.07) is 15.0. The number of rotatable bonds is 6. The van der Waals surface area contributed by atoms with E-state index in [9.17, 15) is 9.59 Å². The molecule has 6 nitrogen and oxygen atoms in total. The Balaban J connectivity index is 1.51. The van der Waals surface area contributed by atoms with Crippen LogP contribution in [-0.2, 0) is 16.0 Å². The zero-order chi connectivity index (χ0) is 20.8. The number of carbonyl (C=O) groups excluding carboxylic acids is 2. The third-order valence-electron chi connectivity index (χ3n) is 4.38. The Morgan fingerprint density at radius 1 is 1.00 bits per heavy atom. The van der Waals surface area contributed by atoms with Gasteiger partial charge in [-0.15, -0.1) is 11.3 Å². The largest absolute Gasteiger partial charge is 0.497 e. The van der Waals surface area contributed by atoms with Gasteiger partial charge in [0.15, 0.2) is 0 Å². The zero-order valence-electron chi connectivity index (χ0n) is 16.6. The maximum Gasteiger partial charge on any atom is 0.313 e. The molecule has 0 spiro atoms. The molecular weight excluding hydrogens is 386 g/mol. The van der Waals surface area contributed by atoms with E-state index >= 15 is 0 Å². The number of aryl methyl sites for hydroxylation is 2. The van der Waals surface area contributed by atoms with Crippen LogP contribution in [0, 0.1) is 13.8 Å². The van der Waals surface area contributed by atoms with Crippen LogP contribution in [0.5, 0.6) is 5.75 Å². The zero-order valence-corrected chi connectivity index (χ0v) is 17.4. The van der Waals surface area contributed by atoms with E-state index in [4.69, 9.17) is 4.74 Å². The van der Waals surface area contributed by atoms with Crippen LogP contribution in [0.2, 0.25) is 0 Å². The van der Waals surface area contributed by atoms with Crippen LogP contribution < -0.4 is 15.4 Å². The number of amides is 2. The van der Waals surface area contributed by atoms with Gasteiger partial charge in [0.05, 0.1) is 12.8 Å². The van der Waals surface area contributed by atoms with E-state index in [2.05, 4.69) is 46.8 Å². The van der Waals surface area contributed by atoms with E-state index in [-0.39, 0.29) is 0 Å². The quantitative estimate of drug-likeness (QED) is 0.608. The van der Waals surface area contributed by atoms with Crippen LogP contribution in [0.4, 0.5) is 5.69 Å². The summed E-state index contributed by atoms with van der Waals surface area (Å²) in [5.74, 6) is -0.685. The van der Waals surface area contributed by atoms with Crippen LogP contribution in [-0.4, -0.2) is 30.5 Å². The standard InChI is InChI=1S/C22H23N3O3S/c1-14-4-6-16(7-5-14)22-24-15(2)19(29-22)12-13-23-20(26)21(27)25-17-8-10-18(28-3)11-9-17/h4-11H,12-13H2,1-3H3,(H,23,26)(H,25,27). The minimum absolute atomic E-state index is 0.366. The Hall–Kier alpha value is -3.19. The predicted octanol–water partition coefficient (Wildman–Crippen LogP) is 3.73. The fourth-order valence-corrected chi connectivity index (χ4v) is 3.78. The number of aromatic nitrogens is 1. The number of nitrogens with zero attached hydrogens (tertiary/aromatic N) is 1. The van der Waals surface area contributed by atoms with Gasteiger partial charge in [0.25, 0.3) is 0 Å². The molecule has 0 unspecified atom stereocenters. The fraction of sp³-hybridized carbons (Fsp3) is 0.227. The molecule has 1 heterocycles. The first-order valence-electron chi connectivity index (χ1n) is 9.23. The molecule has 0 saturated carbocycles. The normalized spacial score (nSPS) is 10.4. The average Bonchev–Trinajstić information content (AvgIpc) is 3.09. The van der Waals surface area contributed by atoms with Crippen LogP contribution in [0.25, 0.3) is 10.6 Å². The lowest BCUT2D eigenvalue weighted by atomic mass is 10.2. The predicted molar refractivity (Wildman–Crippen MR) is 115 cm³/mol. The lowest BCUT2D eigenvalue weighted by molar-refractivity contribution is -0.136. The van der Waals surface area contributed by atoms with Crippen molar-refractivity contribution in [1.82, 2.24) is 10.3 Å². The molecular formula is C22H23N3O3S. The first-order valence-corrected chi connectivity index (χ1v) is 10.0. The van der Waals surface area contributed by atoms with E-state index in [1.807, 2.05) is 6.92 Å². The second-order valence-electron chi connectivity index (χ2n) is 6.58. The van der Waals surface area contributed by atoms with Crippen molar-refractivity contribution < 1.29 is 14.3 Å². The molecule has 0 aliphatic rings. The molecule has 1 aromatic heterocycles. The third kappa shape index (κ3) is 5.42. The number of hydrogen-bond donors (Lipinski definition) is 2. The van der Waals surface area contributed by atoms with Crippen LogP contribution in [0.1, 0.15) is 16.1 Å². The maximum absolute atomic E-state index is 12.0. The van der Waals surface area contributed by atoms with E-state index in [0.29, 0.717) is 24.4 Å². The lowest BCUT2D eigenvalue weighted by Gasteiger charge is -2.07. The smallest absolute Gasteiger partial charge is 0.313 e. The van der Waals surface area contributed by atoms with Crippen LogP contribution in [0.15, 0.2) is 48.5 Å². The van der Waals surface area contributed by atoms with E-state index in [1.54, 1.807) is 42.7 Å². The highest BCUT2D eigenvalue weighted by Crippen LogP contribution is 2.28. The second kappa shape index (κ2) is 9.34. The topological polar surface area (TPSA) is 80.3 Å². The average molecular weight is 410 g/mol. The van der Waals surface area contributed by atoms with Crippen molar-refractivity contribution in [3.63, 3.8) is 0 Å². The van der Waals surface area contributed by atoms with Gasteiger partial charge in [-0.2, -0.15) is 0 Å². The number of ether oxygens (including phenoxy) is 1. The lowest BCUT2D eigenvalue weighted by Crippen LogP contribution is -2.36. The molecule has 0 saturated heterocycles. The molecule has 0 fully saturated rings. The van der Waals surface area contributed by atoms with Gasteiger partial charge in [-0.1, -0.05) is 29.8 Å². The van der Waals surface area contributed by atoms with Crippen LogP contribution >= 0.6 is 11.3 Å². The molecule has 7 heteroatoms. The summed E-state index contributed by atoms with van der Waals surface area (Å²) < 4.78 is 5.07. The van der Waals surface area contributed by atoms with Gasteiger partial charge in [0.1, 0.15) is 10.8 Å². The summed E-state index contributed by atoms with van der Waals surface area (Å²) in [4.78, 5) is 29.8. The minimum Gasteiger partial charge on any atom is -0.497 e. The molecule has 0 aliphatic heterocycles. The van der Waals surface area contributed by atoms with Gasteiger partial charge >= 0.3 is 11.8 Å². The fourth-order valence-electron chi connectivity index (χ4n) is 2.71. The molecule has 29 heavy (non-hydrogen) atoms. The van der Waals surface area contributed by atoms with Crippen LogP contribution in [0.3, 0.4) is 0 Å². The van der Waals surface area contributed by atoms with Crippen molar-refractivity contribution in [2.24, 2.45) is 0 Å². The van der Waals surface area contributed by atoms with E-state index < -0.39 is 11.8 Å². The monoisotopic (exact) mass is 409 g/mol. The summed E-state index contributed by atoms with van der Waals surface area (Å²) in [5, 5.41) is 6.19. The summed E-state index contributed by atoms with van der Waals surface area (Å²) in [6.07, 6.45) is 0.622. The Morgan fingerprint density at radius 2 is 1.69 bits per heavy atom. The molecule has 0 atom stereocenters. The minimum atomic E-state index is -0.698. The SMILES string of the molecule is COc1ccc(NC(=O)C(=O)NCCc2sc(-c3ccc(C)cc3)nc2C)cc1. The molecule has 3 rings (SSSR count). The van der Waals surface area contributed by atoms with E-state index in [0.717, 1.165) is 21.1 Å². The summed E-state index contributed by atoms with van der Waals surface area (Å²) >= 11 is 1.61. The molecule has 150 valence electrons. The number of carbonyl (C=O) groups is 2. The van der Waals surface area contributed by atoms with Gasteiger partial charge in [-0.05, 0) is 38.1 Å². The maximum atomic E-state index is 12.0.